The van der Waals surface area contributed by atoms with Crippen LogP contribution in [-0.2, 0) is 9.59 Å². The van der Waals surface area contributed by atoms with E-state index in [9.17, 15) is 19.5 Å². The summed E-state index contributed by atoms with van der Waals surface area (Å²) in [6.45, 7) is 0. The van der Waals surface area contributed by atoms with Gasteiger partial charge in [0.05, 0.1) is 12.0 Å². The average molecular weight is 455 g/mol. The topological polar surface area (TPSA) is 109 Å². The lowest BCUT2D eigenvalue weighted by molar-refractivity contribution is -0.140. The molecular weight excluding hydrogens is 435 g/mol. The van der Waals surface area contributed by atoms with E-state index in [1.54, 1.807) is 23.6 Å². The molecule has 0 radical (unpaired) electrons. The molecule has 0 atom stereocenters. The summed E-state index contributed by atoms with van der Waals surface area (Å²) in [6.07, 6.45) is 3.26. The van der Waals surface area contributed by atoms with Gasteiger partial charge >= 0.3 is 5.97 Å². The predicted molar refractivity (Wildman–Crippen MR) is 115 cm³/mol. The van der Waals surface area contributed by atoms with Crippen LogP contribution in [0.2, 0.25) is 10.0 Å². The summed E-state index contributed by atoms with van der Waals surface area (Å²) in [7, 11) is 0. The highest BCUT2D eigenvalue weighted by Gasteiger charge is 2.38. The van der Waals surface area contributed by atoms with Gasteiger partial charge in [0.15, 0.2) is 0 Å². The molecule has 0 bridgehead atoms. The first-order chi connectivity index (χ1) is 13.7. The molecular formula is C20H20Cl2N2O4S. The molecule has 0 unspecified atom stereocenters. The molecule has 1 aromatic heterocycles. The number of carboxylic acids is 1. The third kappa shape index (κ3) is 4.91. The highest BCUT2D eigenvalue weighted by molar-refractivity contribution is 7.15. The summed E-state index contributed by atoms with van der Waals surface area (Å²) in [4.78, 5) is 36.1. The largest absolute Gasteiger partial charge is 0.481 e. The highest BCUT2D eigenvalue weighted by atomic mass is 35.5. The van der Waals surface area contributed by atoms with Crippen molar-refractivity contribution in [3.8, 4) is 11.1 Å². The molecule has 0 spiro atoms. The Balaban J connectivity index is 1.86. The third-order valence-corrected chi connectivity index (χ3v) is 6.68. The Morgan fingerprint density at radius 3 is 2.41 bits per heavy atom. The predicted octanol–water partition coefficient (Wildman–Crippen LogP) is 5.18. The Labute approximate surface area is 182 Å². The molecule has 3 rings (SSSR count). The fraction of sp³-hybridized carbons (Fsp3) is 0.350. The van der Waals surface area contributed by atoms with E-state index in [1.165, 1.54) is 11.3 Å². The summed E-state index contributed by atoms with van der Waals surface area (Å²) < 4.78 is 0. The first kappa shape index (κ1) is 21.6. The SMILES string of the molecule is NC(=O)c1c(-c2ccc(Cl)cc2Cl)csc1NC(=O)CC1(CC(=O)O)CCCC1. The van der Waals surface area contributed by atoms with Crippen LogP contribution in [0.5, 0.6) is 0 Å². The molecule has 1 saturated carbocycles. The van der Waals surface area contributed by atoms with E-state index < -0.39 is 17.3 Å². The number of aliphatic carboxylic acids is 1. The highest BCUT2D eigenvalue weighted by Crippen LogP contribution is 2.45. The second kappa shape index (κ2) is 8.73. The van der Waals surface area contributed by atoms with Crippen molar-refractivity contribution in [1.29, 1.82) is 0 Å². The first-order valence-electron chi connectivity index (χ1n) is 9.09. The molecule has 1 aliphatic carbocycles. The minimum Gasteiger partial charge on any atom is -0.481 e. The minimum atomic E-state index is -0.909. The quantitative estimate of drug-likeness (QED) is 0.534. The van der Waals surface area contributed by atoms with E-state index in [4.69, 9.17) is 28.9 Å². The van der Waals surface area contributed by atoms with Crippen molar-refractivity contribution in [2.45, 2.75) is 38.5 Å². The summed E-state index contributed by atoms with van der Waals surface area (Å²) in [5.74, 6) is -1.93. The lowest BCUT2D eigenvalue weighted by Gasteiger charge is -2.26. The van der Waals surface area contributed by atoms with Gasteiger partial charge in [-0.2, -0.15) is 0 Å². The number of amides is 2. The van der Waals surface area contributed by atoms with Gasteiger partial charge in [-0.1, -0.05) is 42.1 Å². The molecule has 154 valence electrons. The number of halogens is 2. The number of rotatable bonds is 7. The zero-order valence-corrected chi connectivity index (χ0v) is 17.8. The van der Waals surface area contributed by atoms with E-state index in [1.807, 2.05) is 0 Å². The van der Waals surface area contributed by atoms with Crippen LogP contribution in [0.25, 0.3) is 11.1 Å². The van der Waals surface area contributed by atoms with E-state index >= 15 is 0 Å². The van der Waals surface area contributed by atoms with Crippen molar-refractivity contribution in [1.82, 2.24) is 0 Å². The first-order valence-corrected chi connectivity index (χ1v) is 10.7. The molecule has 4 N–H and O–H groups in total. The molecule has 9 heteroatoms. The van der Waals surface area contributed by atoms with Gasteiger partial charge in [0.25, 0.3) is 5.91 Å². The standard InChI is InChI=1S/C20H20Cl2N2O4S/c21-11-3-4-12(14(22)7-11)13-10-29-19(17(13)18(23)28)24-15(25)8-20(9-16(26)27)5-1-2-6-20/h3-4,7,10H,1-2,5-6,8-9H2,(H2,23,28)(H,24,25)(H,26,27). The van der Waals surface area contributed by atoms with Crippen LogP contribution >= 0.6 is 34.5 Å². The van der Waals surface area contributed by atoms with E-state index in [-0.39, 0.29) is 24.3 Å². The lowest BCUT2D eigenvalue weighted by atomic mass is 9.79. The normalized spacial score (nSPS) is 15.2. The van der Waals surface area contributed by atoms with E-state index in [0.717, 1.165) is 12.8 Å². The number of thiophene rings is 1. The maximum absolute atomic E-state index is 12.7. The molecule has 6 nitrogen and oxygen atoms in total. The Morgan fingerprint density at radius 2 is 1.83 bits per heavy atom. The molecule has 0 aliphatic heterocycles. The van der Waals surface area contributed by atoms with Crippen LogP contribution < -0.4 is 11.1 Å². The second-order valence-corrected chi connectivity index (χ2v) is 9.07. The Bertz CT molecular complexity index is 967. The Hall–Kier alpha value is -2.09. The second-order valence-electron chi connectivity index (χ2n) is 7.34. The number of carbonyl (C=O) groups is 3. The van der Waals surface area contributed by atoms with Gasteiger partial charge in [0.1, 0.15) is 5.00 Å². The summed E-state index contributed by atoms with van der Waals surface area (Å²) in [5, 5.41) is 14.8. The summed E-state index contributed by atoms with van der Waals surface area (Å²) >= 11 is 13.4. The smallest absolute Gasteiger partial charge is 0.303 e. The monoisotopic (exact) mass is 454 g/mol. The number of nitrogens with two attached hydrogens (primary N) is 1. The van der Waals surface area contributed by atoms with Crippen molar-refractivity contribution in [3.05, 3.63) is 39.2 Å². The Morgan fingerprint density at radius 1 is 1.14 bits per heavy atom. The van der Waals surface area contributed by atoms with Crippen molar-refractivity contribution in [3.63, 3.8) is 0 Å². The molecule has 29 heavy (non-hydrogen) atoms. The number of nitrogens with one attached hydrogen (secondary N) is 1. The van der Waals surface area contributed by atoms with Crippen LogP contribution in [0.15, 0.2) is 23.6 Å². The fourth-order valence-corrected chi connectivity index (χ4v) is 5.47. The molecule has 1 aromatic carbocycles. The molecule has 1 heterocycles. The number of hydrogen-bond acceptors (Lipinski definition) is 4. The van der Waals surface area contributed by atoms with Crippen LogP contribution in [0, 0.1) is 5.41 Å². The van der Waals surface area contributed by atoms with Crippen molar-refractivity contribution >= 4 is 57.3 Å². The van der Waals surface area contributed by atoms with Gasteiger partial charge < -0.3 is 16.2 Å². The van der Waals surface area contributed by atoms with Gasteiger partial charge in [-0.25, -0.2) is 0 Å². The Kier molecular flexibility index (Phi) is 6.51. The van der Waals surface area contributed by atoms with E-state index in [0.29, 0.717) is 39.0 Å². The zero-order chi connectivity index (χ0) is 21.2. The van der Waals surface area contributed by atoms with Crippen molar-refractivity contribution < 1.29 is 19.5 Å². The molecule has 2 aromatic rings. The average Bonchev–Trinajstić information content (AvgIpc) is 3.21. The molecule has 0 saturated heterocycles. The minimum absolute atomic E-state index is 0.0425. The van der Waals surface area contributed by atoms with Gasteiger partial charge in [0.2, 0.25) is 5.91 Å². The van der Waals surface area contributed by atoms with Crippen molar-refractivity contribution in [2.24, 2.45) is 11.1 Å². The van der Waals surface area contributed by atoms with Crippen LogP contribution in [-0.4, -0.2) is 22.9 Å². The van der Waals surface area contributed by atoms with Gasteiger partial charge in [-0.05, 0) is 30.4 Å². The fourth-order valence-electron chi connectivity index (χ4n) is 3.97. The summed E-state index contributed by atoms with van der Waals surface area (Å²) in [6, 6.07) is 4.90. The number of benzene rings is 1. The van der Waals surface area contributed by atoms with Crippen LogP contribution in [0.1, 0.15) is 48.9 Å². The maximum atomic E-state index is 12.7. The number of carbonyl (C=O) groups excluding carboxylic acids is 2. The number of carboxylic acid groups (broad SMARTS) is 1. The molecule has 1 aliphatic rings. The van der Waals surface area contributed by atoms with Gasteiger partial charge in [-0.15, -0.1) is 11.3 Å². The number of hydrogen-bond donors (Lipinski definition) is 3. The van der Waals surface area contributed by atoms with E-state index in [2.05, 4.69) is 5.32 Å². The van der Waals surface area contributed by atoms with Crippen LogP contribution in [0.4, 0.5) is 5.00 Å². The van der Waals surface area contributed by atoms with Crippen molar-refractivity contribution in [2.75, 3.05) is 5.32 Å². The number of primary amides is 1. The third-order valence-electron chi connectivity index (χ3n) is 5.24. The lowest BCUT2D eigenvalue weighted by Crippen LogP contribution is -2.28. The molecule has 1 fully saturated rings. The van der Waals surface area contributed by atoms with Crippen LogP contribution in [0.3, 0.4) is 0 Å². The van der Waals surface area contributed by atoms with Gasteiger partial charge in [-0.3, -0.25) is 14.4 Å². The maximum Gasteiger partial charge on any atom is 0.303 e. The number of anilines is 1. The van der Waals surface area contributed by atoms with Gasteiger partial charge in [0, 0.05) is 33.0 Å². The molecule has 2 amide bonds. The summed E-state index contributed by atoms with van der Waals surface area (Å²) in [5.41, 5.74) is 6.31. The zero-order valence-electron chi connectivity index (χ0n) is 15.5.